The summed E-state index contributed by atoms with van der Waals surface area (Å²) in [5.74, 6) is -2.50. The summed E-state index contributed by atoms with van der Waals surface area (Å²) in [5, 5.41) is 16.0. The summed E-state index contributed by atoms with van der Waals surface area (Å²) in [6, 6.07) is -1.29. The molecule has 0 aromatic carbocycles. The fourth-order valence-electron chi connectivity index (χ4n) is 2.01. The van der Waals surface area contributed by atoms with Crippen molar-refractivity contribution in [3.8, 4) is 0 Å². The molecule has 0 aliphatic rings. The monoisotopic (exact) mass is 325 g/mol. The fraction of sp³-hybridized carbons (Fsp3) is 0.875. The fourth-order valence-corrected chi connectivity index (χ4v) is 2.51. The second kappa shape index (κ2) is 18.9. The van der Waals surface area contributed by atoms with Crippen LogP contribution in [0.3, 0.4) is 0 Å². The molecule has 0 fully saturated rings. The predicted molar refractivity (Wildman–Crippen MR) is 90.3 cm³/mol. The minimum Gasteiger partial charge on any atom is -0.481 e. The molecule has 0 heterocycles. The van der Waals surface area contributed by atoms with Crippen molar-refractivity contribution in [2.24, 2.45) is 5.73 Å². The Kier molecular flexibility index (Phi) is 20.8. The molecule has 22 heavy (non-hydrogen) atoms. The third kappa shape index (κ3) is 22.2. The van der Waals surface area contributed by atoms with E-state index in [4.69, 9.17) is 15.9 Å². The first-order valence-electron chi connectivity index (χ1n) is 8.65. The summed E-state index contributed by atoms with van der Waals surface area (Å²) in [7, 11) is 0. The van der Waals surface area contributed by atoms with E-state index < -0.39 is 24.4 Å². The standard InChI is InChI=1S/C12H25.C4H7NO4.Na/c1-3-5-7-9-11-12-10-8-6-4-2;5-2(4(8)9)1-3(6)7;/h1,3-12H2,2H3;2H,1,5H2,(H,6,7)(H,8,9);. The van der Waals surface area contributed by atoms with E-state index in [1.165, 1.54) is 95.8 Å². The number of carboxylic acids is 2. The van der Waals surface area contributed by atoms with Crippen molar-refractivity contribution in [3.05, 3.63) is 0 Å². The molecule has 0 saturated carbocycles. The van der Waals surface area contributed by atoms with Crippen LogP contribution >= 0.6 is 0 Å². The molecule has 0 radical (unpaired) electrons. The zero-order chi connectivity index (χ0) is 17.2. The van der Waals surface area contributed by atoms with Crippen molar-refractivity contribution in [3.63, 3.8) is 0 Å². The van der Waals surface area contributed by atoms with Gasteiger partial charge in [-0.1, -0.05) is 0 Å². The molecule has 0 aromatic rings. The smallest absolute Gasteiger partial charge is 0.321 e. The average molecular weight is 325 g/mol. The minimum absolute atomic E-state index is 0.532. The van der Waals surface area contributed by atoms with Gasteiger partial charge in [-0.25, -0.2) is 0 Å². The molecule has 0 aliphatic carbocycles. The summed E-state index contributed by atoms with van der Waals surface area (Å²) < 4.78 is 1.51. The van der Waals surface area contributed by atoms with E-state index in [0.29, 0.717) is 0 Å². The van der Waals surface area contributed by atoms with Crippen molar-refractivity contribution in [2.75, 3.05) is 0 Å². The van der Waals surface area contributed by atoms with Gasteiger partial charge in [0.25, 0.3) is 0 Å². The Labute approximate surface area is 152 Å². The Balaban J connectivity index is 0. The molecule has 0 amide bonds. The molecule has 0 rings (SSSR count). The molecule has 0 aromatic heterocycles. The average Bonchev–Trinajstić information content (AvgIpc) is 2.45. The quantitative estimate of drug-likeness (QED) is 0.356. The van der Waals surface area contributed by atoms with Crippen molar-refractivity contribution < 1.29 is 19.8 Å². The van der Waals surface area contributed by atoms with Gasteiger partial charge in [0.15, 0.2) is 0 Å². The molecule has 0 bridgehead atoms. The molecule has 1 unspecified atom stereocenters. The van der Waals surface area contributed by atoms with Crippen LogP contribution in [0.5, 0.6) is 0 Å². The van der Waals surface area contributed by atoms with Crippen molar-refractivity contribution in [1.82, 2.24) is 0 Å². The summed E-state index contributed by atoms with van der Waals surface area (Å²) in [4.78, 5) is 19.6. The number of aliphatic carboxylic acids is 2. The Morgan fingerprint density at radius 3 is 1.59 bits per heavy atom. The molecule has 1 atom stereocenters. The summed E-state index contributed by atoms with van der Waals surface area (Å²) in [6.07, 6.45) is 14.2. The molecule has 126 valence electrons. The maximum Gasteiger partial charge on any atom is 0.321 e. The van der Waals surface area contributed by atoms with Gasteiger partial charge in [0.05, 0.1) is 6.42 Å². The van der Waals surface area contributed by atoms with E-state index in [0.717, 1.165) is 0 Å². The summed E-state index contributed by atoms with van der Waals surface area (Å²) in [5.41, 5.74) is 4.84. The Hall–Kier alpha value is -0.100. The maximum atomic E-state index is 9.85. The number of hydrogen-bond donors (Lipinski definition) is 3. The molecule has 5 nitrogen and oxygen atoms in total. The number of carboxylic acid groups (broad SMARTS) is 2. The minimum atomic E-state index is -1.29. The van der Waals surface area contributed by atoms with E-state index in [-0.39, 0.29) is 0 Å². The van der Waals surface area contributed by atoms with E-state index in [1.54, 1.807) is 0 Å². The van der Waals surface area contributed by atoms with Crippen LogP contribution in [-0.2, 0) is 9.59 Å². The zero-order valence-electron chi connectivity index (χ0n) is 14.4. The molecule has 0 saturated heterocycles. The van der Waals surface area contributed by atoms with Crippen molar-refractivity contribution in [1.29, 1.82) is 0 Å². The van der Waals surface area contributed by atoms with E-state index in [2.05, 4.69) is 6.92 Å². The molecule has 4 N–H and O–H groups in total. The van der Waals surface area contributed by atoms with E-state index in [1.807, 2.05) is 0 Å². The van der Waals surface area contributed by atoms with Crippen LogP contribution in [-0.4, -0.2) is 56.1 Å². The second-order valence-electron chi connectivity index (χ2n) is 5.72. The van der Waals surface area contributed by atoms with Crippen LogP contribution in [0.2, 0.25) is 3.67 Å². The van der Waals surface area contributed by atoms with Crippen LogP contribution in [0.25, 0.3) is 0 Å². The van der Waals surface area contributed by atoms with Gasteiger partial charge in [-0.3, -0.25) is 9.59 Å². The molecule has 6 heteroatoms. The van der Waals surface area contributed by atoms with Crippen LogP contribution in [0.1, 0.15) is 77.6 Å². The molecular weight excluding hydrogens is 293 g/mol. The van der Waals surface area contributed by atoms with Crippen molar-refractivity contribution in [2.45, 2.75) is 87.3 Å². The largest absolute Gasteiger partial charge is 0.481 e. The Morgan fingerprint density at radius 2 is 1.32 bits per heavy atom. The first kappa shape index (κ1) is 24.2. The van der Waals surface area contributed by atoms with Gasteiger partial charge in [-0.2, -0.15) is 0 Å². The first-order valence-corrected chi connectivity index (χ1v) is 10.1. The van der Waals surface area contributed by atoms with Gasteiger partial charge < -0.3 is 15.9 Å². The normalized spacial score (nSPS) is 11.5. The molecule has 0 aliphatic heterocycles. The zero-order valence-corrected chi connectivity index (χ0v) is 16.4. The van der Waals surface area contributed by atoms with Crippen LogP contribution in [0.4, 0.5) is 0 Å². The van der Waals surface area contributed by atoms with Gasteiger partial charge in [0.2, 0.25) is 0 Å². The summed E-state index contributed by atoms with van der Waals surface area (Å²) in [6.45, 7) is 2.29. The topological polar surface area (TPSA) is 101 Å². The van der Waals surface area contributed by atoms with Gasteiger partial charge in [0.1, 0.15) is 6.04 Å². The summed E-state index contributed by atoms with van der Waals surface area (Å²) >= 11 is 1.41. The predicted octanol–water partition coefficient (Wildman–Crippen LogP) is 3.37. The Bertz CT molecular complexity index is 265. The number of carbonyl (C=O) groups is 2. The van der Waals surface area contributed by atoms with Gasteiger partial charge in [-0.05, 0) is 0 Å². The van der Waals surface area contributed by atoms with Gasteiger partial charge in [0, 0.05) is 0 Å². The van der Waals surface area contributed by atoms with Gasteiger partial charge >= 0.3 is 115 Å². The van der Waals surface area contributed by atoms with E-state index in [9.17, 15) is 9.59 Å². The number of rotatable bonds is 13. The third-order valence-electron chi connectivity index (χ3n) is 3.42. The molecular formula is C16H32NNaO4. The maximum absolute atomic E-state index is 9.85. The molecule has 0 spiro atoms. The van der Waals surface area contributed by atoms with E-state index >= 15 is 0 Å². The SMILES string of the molecule is CCCCCCCCCCC[CH2][Na].NC(CC(=O)O)C(=O)O. The number of unbranched alkanes of at least 4 members (excludes halogenated alkanes) is 9. The number of hydrogen-bond acceptors (Lipinski definition) is 3. The second-order valence-corrected chi connectivity index (χ2v) is 6.72. The van der Waals surface area contributed by atoms with Crippen molar-refractivity contribution >= 4 is 39.9 Å². The van der Waals surface area contributed by atoms with Crippen LogP contribution < -0.4 is 5.73 Å². The Morgan fingerprint density at radius 1 is 0.909 bits per heavy atom. The first-order chi connectivity index (χ1) is 10.5. The third-order valence-corrected chi connectivity index (χ3v) is 4.13. The van der Waals surface area contributed by atoms with Crippen LogP contribution in [0, 0.1) is 0 Å². The van der Waals surface area contributed by atoms with Gasteiger partial charge in [-0.15, -0.1) is 0 Å². The van der Waals surface area contributed by atoms with Crippen LogP contribution in [0.15, 0.2) is 0 Å². The number of nitrogens with two attached hydrogens (primary N) is 1.